The van der Waals surface area contributed by atoms with E-state index in [9.17, 15) is 4.79 Å². The number of nitrogen functional groups attached to an aromatic ring is 1. The first kappa shape index (κ1) is 12.6. The number of nitrogens with one attached hydrogen (secondary N) is 1. The van der Waals surface area contributed by atoms with Gasteiger partial charge in [0, 0.05) is 19.1 Å². The van der Waals surface area contributed by atoms with Gasteiger partial charge in [-0.3, -0.25) is 4.79 Å². The van der Waals surface area contributed by atoms with E-state index in [1.54, 1.807) is 6.07 Å². The van der Waals surface area contributed by atoms with Gasteiger partial charge in [-0.25, -0.2) is 4.98 Å². The van der Waals surface area contributed by atoms with E-state index in [2.05, 4.69) is 22.2 Å². The van der Waals surface area contributed by atoms with Crippen LogP contribution in [0.15, 0.2) is 12.3 Å². The zero-order chi connectivity index (χ0) is 13.1. The monoisotopic (exact) mass is 249 g/mol. The second-order valence-corrected chi connectivity index (χ2v) is 4.67. The lowest BCUT2D eigenvalue weighted by atomic mass is 10.2. The SMILES string of the molecule is CN(CCNc1ncc(N)cc1C(N)=O)C1CC1. The molecule has 0 atom stereocenters. The van der Waals surface area contributed by atoms with E-state index in [4.69, 9.17) is 11.5 Å². The minimum Gasteiger partial charge on any atom is -0.397 e. The Morgan fingerprint density at radius 2 is 2.33 bits per heavy atom. The summed E-state index contributed by atoms with van der Waals surface area (Å²) in [7, 11) is 2.10. The third-order valence-electron chi connectivity index (χ3n) is 3.10. The van der Waals surface area contributed by atoms with Crippen LogP contribution in [0, 0.1) is 0 Å². The van der Waals surface area contributed by atoms with Crippen LogP contribution in [0.2, 0.25) is 0 Å². The highest BCUT2D eigenvalue weighted by Crippen LogP contribution is 2.24. The van der Waals surface area contributed by atoms with Crippen LogP contribution in [0.1, 0.15) is 23.2 Å². The van der Waals surface area contributed by atoms with Crippen molar-refractivity contribution in [1.29, 1.82) is 0 Å². The maximum absolute atomic E-state index is 11.3. The summed E-state index contributed by atoms with van der Waals surface area (Å²) in [6.45, 7) is 1.64. The molecular formula is C12H19N5O. The number of primary amides is 1. The van der Waals surface area contributed by atoms with E-state index in [0.717, 1.165) is 19.1 Å². The number of anilines is 2. The summed E-state index contributed by atoms with van der Waals surface area (Å²) < 4.78 is 0. The van der Waals surface area contributed by atoms with Gasteiger partial charge in [-0.2, -0.15) is 0 Å². The minimum absolute atomic E-state index is 0.337. The Morgan fingerprint density at radius 3 is 2.94 bits per heavy atom. The number of carbonyl (C=O) groups is 1. The van der Waals surface area contributed by atoms with E-state index < -0.39 is 5.91 Å². The first-order valence-corrected chi connectivity index (χ1v) is 6.07. The first-order chi connectivity index (χ1) is 8.58. The maximum Gasteiger partial charge on any atom is 0.252 e. The van der Waals surface area contributed by atoms with Gasteiger partial charge in [-0.1, -0.05) is 0 Å². The molecule has 2 rings (SSSR count). The summed E-state index contributed by atoms with van der Waals surface area (Å²) in [5.41, 5.74) is 11.6. The third kappa shape index (κ3) is 3.10. The van der Waals surface area contributed by atoms with Crippen molar-refractivity contribution in [3.63, 3.8) is 0 Å². The number of carbonyl (C=O) groups excluding carboxylic acids is 1. The molecule has 0 saturated heterocycles. The second kappa shape index (κ2) is 5.22. The number of hydrogen-bond acceptors (Lipinski definition) is 5. The van der Waals surface area contributed by atoms with Crippen LogP contribution in [-0.2, 0) is 0 Å². The molecule has 1 heterocycles. The summed E-state index contributed by atoms with van der Waals surface area (Å²) in [4.78, 5) is 17.7. The molecule has 1 aromatic heterocycles. The largest absolute Gasteiger partial charge is 0.397 e. The Kier molecular flexibility index (Phi) is 3.66. The van der Waals surface area contributed by atoms with Crippen LogP contribution in [0.3, 0.4) is 0 Å². The molecule has 5 N–H and O–H groups in total. The fraction of sp³-hybridized carbons (Fsp3) is 0.500. The van der Waals surface area contributed by atoms with Crippen molar-refractivity contribution in [2.24, 2.45) is 5.73 Å². The molecule has 1 aliphatic rings. The van der Waals surface area contributed by atoms with Crippen molar-refractivity contribution in [3.05, 3.63) is 17.8 Å². The zero-order valence-electron chi connectivity index (χ0n) is 10.5. The average molecular weight is 249 g/mol. The molecule has 1 saturated carbocycles. The number of amides is 1. The smallest absolute Gasteiger partial charge is 0.252 e. The van der Waals surface area contributed by atoms with Gasteiger partial charge in [-0.15, -0.1) is 0 Å². The lowest BCUT2D eigenvalue weighted by Gasteiger charge is -2.16. The van der Waals surface area contributed by atoms with Crippen LogP contribution < -0.4 is 16.8 Å². The highest BCUT2D eigenvalue weighted by Gasteiger charge is 2.25. The Bertz CT molecular complexity index is 444. The Morgan fingerprint density at radius 1 is 1.61 bits per heavy atom. The molecule has 0 radical (unpaired) electrons. The molecule has 98 valence electrons. The van der Waals surface area contributed by atoms with Gasteiger partial charge >= 0.3 is 0 Å². The van der Waals surface area contributed by atoms with E-state index in [1.165, 1.54) is 19.0 Å². The Balaban J connectivity index is 1.93. The fourth-order valence-electron chi connectivity index (χ4n) is 1.86. The second-order valence-electron chi connectivity index (χ2n) is 4.67. The summed E-state index contributed by atoms with van der Waals surface area (Å²) in [5.74, 6) is -0.0197. The van der Waals surface area contributed by atoms with Crippen LogP contribution in [0.4, 0.5) is 11.5 Å². The van der Waals surface area contributed by atoms with Gasteiger partial charge in [0.05, 0.1) is 17.4 Å². The number of nitrogens with zero attached hydrogens (tertiary/aromatic N) is 2. The number of likely N-dealkylation sites (N-methyl/N-ethyl adjacent to an activating group) is 1. The number of rotatable bonds is 6. The van der Waals surface area contributed by atoms with Crippen molar-refractivity contribution in [1.82, 2.24) is 9.88 Å². The minimum atomic E-state index is -0.521. The van der Waals surface area contributed by atoms with Crippen molar-refractivity contribution in [2.45, 2.75) is 18.9 Å². The summed E-state index contributed by atoms with van der Waals surface area (Å²) in [6, 6.07) is 2.27. The molecule has 1 amide bonds. The summed E-state index contributed by atoms with van der Waals surface area (Å²) in [5, 5.41) is 3.13. The van der Waals surface area contributed by atoms with Crippen LogP contribution in [0.25, 0.3) is 0 Å². The number of hydrogen-bond donors (Lipinski definition) is 3. The van der Waals surface area contributed by atoms with Crippen LogP contribution in [0.5, 0.6) is 0 Å². The topological polar surface area (TPSA) is 97.3 Å². The molecule has 1 fully saturated rings. The molecule has 0 spiro atoms. The van der Waals surface area contributed by atoms with Gasteiger partial charge in [0.1, 0.15) is 5.82 Å². The summed E-state index contributed by atoms with van der Waals surface area (Å²) in [6.07, 6.45) is 4.08. The van der Waals surface area contributed by atoms with E-state index in [0.29, 0.717) is 17.1 Å². The molecular weight excluding hydrogens is 230 g/mol. The first-order valence-electron chi connectivity index (χ1n) is 6.07. The molecule has 0 aliphatic heterocycles. The molecule has 1 aromatic rings. The number of aromatic nitrogens is 1. The maximum atomic E-state index is 11.3. The van der Waals surface area contributed by atoms with Crippen LogP contribution >= 0.6 is 0 Å². The lowest BCUT2D eigenvalue weighted by Crippen LogP contribution is -2.28. The molecule has 1 aliphatic carbocycles. The van der Waals surface area contributed by atoms with E-state index in [1.807, 2.05) is 0 Å². The van der Waals surface area contributed by atoms with Crippen LogP contribution in [-0.4, -0.2) is 42.0 Å². The van der Waals surface area contributed by atoms with Crippen molar-refractivity contribution in [2.75, 3.05) is 31.2 Å². The normalized spacial score (nSPS) is 14.8. The molecule has 6 nitrogen and oxygen atoms in total. The van der Waals surface area contributed by atoms with Crippen molar-refractivity contribution < 1.29 is 4.79 Å². The highest BCUT2D eigenvalue weighted by atomic mass is 16.1. The van der Waals surface area contributed by atoms with Crippen molar-refractivity contribution in [3.8, 4) is 0 Å². The quantitative estimate of drug-likeness (QED) is 0.672. The van der Waals surface area contributed by atoms with Gasteiger partial charge in [0.15, 0.2) is 0 Å². The van der Waals surface area contributed by atoms with E-state index in [-0.39, 0.29) is 0 Å². The molecule has 0 unspecified atom stereocenters. The standard InChI is InChI=1S/C12H19N5O/c1-17(9-2-3-9)5-4-15-12-10(11(14)18)6-8(13)7-16-12/h6-7,9H,2-5,13H2,1H3,(H2,14,18)(H,15,16). The molecule has 18 heavy (non-hydrogen) atoms. The zero-order valence-corrected chi connectivity index (χ0v) is 10.5. The predicted molar refractivity (Wildman–Crippen MR) is 71.3 cm³/mol. The Hall–Kier alpha value is -1.82. The highest BCUT2D eigenvalue weighted by molar-refractivity contribution is 5.98. The fourth-order valence-corrected chi connectivity index (χ4v) is 1.86. The van der Waals surface area contributed by atoms with Gasteiger partial charge in [0.25, 0.3) is 5.91 Å². The van der Waals surface area contributed by atoms with E-state index >= 15 is 0 Å². The molecule has 6 heteroatoms. The average Bonchev–Trinajstić information content (AvgIpc) is 3.14. The number of nitrogens with two attached hydrogens (primary N) is 2. The predicted octanol–water partition coefficient (Wildman–Crippen LogP) is 0.269. The van der Waals surface area contributed by atoms with Gasteiger partial charge < -0.3 is 21.7 Å². The lowest BCUT2D eigenvalue weighted by molar-refractivity contribution is 0.100. The van der Waals surface area contributed by atoms with Crippen molar-refractivity contribution >= 4 is 17.4 Å². The summed E-state index contributed by atoms with van der Waals surface area (Å²) >= 11 is 0. The molecule has 0 bridgehead atoms. The number of pyridine rings is 1. The third-order valence-corrected chi connectivity index (χ3v) is 3.10. The van der Waals surface area contributed by atoms with Gasteiger partial charge in [0.2, 0.25) is 0 Å². The van der Waals surface area contributed by atoms with Gasteiger partial charge in [-0.05, 0) is 26.0 Å². The molecule has 0 aromatic carbocycles. The Labute approximate surface area is 106 Å².